The Morgan fingerprint density at radius 1 is 1.45 bits per heavy atom. The predicted octanol–water partition coefficient (Wildman–Crippen LogP) is -0.776. The van der Waals surface area contributed by atoms with Gasteiger partial charge in [-0.15, -0.1) is 0 Å². The minimum atomic E-state index is -4.50. The quantitative estimate of drug-likeness (QED) is 0.317. The van der Waals surface area contributed by atoms with Crippen molar-refractivity contribution in [3.05, 3.63) is 29.7 Å². The smallest absolute Gasteiger partial charge is 0.197 e. The van der Waals surface area contributed by atoms with Crippen molar-refractivity contribution in [2.45, 2.75) is 4.90 Å². The maximum Gasteiger partial charge on any atom is 0.197 e. The Morgan fingerprint density at radius 3 is 2.45 bits per heavy atom. The van der Waals surface area contributed by atoms with Gasteiger partial charge in [-0.05, 0) is 6.07 Å². The highest BCUT2D eigenvalue weighted by Gasteiger charge is 2.03. The average molecular weight is 174 g/mol. The van der Waals surface area contributed by atoms with Crippen LogP contribution in [0.15, 0.2) is 29.4 Å². The molecule has 0 aromatic carbocycles. The molecule has 0 aliphatic carbocycles. The zero-order chi connectivity index (χ0) is 8.48. The summed E-state index contributed by atoms with van der Waals surface area (Å²) >= 11 is 0. The molecule has 0 fully saturated rings. The van der Waals surface area contributed by atoms with Gasteiger partial charge in [-0.25, -0.2) is 8.42 Å². The Bertz CT molecular complexity index is 359. The first kappa shape index (κ1) is 7.96. The number of pyridine rings is 1. The highest BCUT2D eigenvalue weighted by Crippen LogP contribution is 2.02. The monoisotopic (exact) mass is 174 g/mol. The summed E-state index contributed by atoms with van der Waals surface area (Å²) in [7, 11) is -4.50. The van der Waals surface area contributed by atoms with Crippen molar-refractivity contribution in [3.8, 4) is 0 Å². The molecule has 6 heteroatoms. The van der Waals surface area contributed by atoms with E-state index in [0.29, 0.717) is 6.20 Å². The van der Waals surface area contributed by atoms with E-state index >= 15 is 0 Å². The summed E-state index contributed by atoms with van der Waals surface area (Å²) in [4.78, 5) is -0.519. The minimum Gasteiger partial charge on any atom is -0.744 e. The Hall–Kier alpha value is -1.14. The molecule has 11 heavy (non-hydrogen) atoms. The highest BCUT2D eigenvalue weighted by molar-refractivity contribution is 7.85. The molecular weight excluding hydrogens is 170 g/mol. The van der Waals surface area contributed by atoms with Crippen LogP contribution in [0.3, 0.4) is 0 Å². The Labute approximate surface area is 63.2 Å². The molecule has 0 bridgehead atoms. The van der Waals surface area contributed by atoms with Crippen LogP contribution >= 0.6 is 0 Å². The van der Waals surface area contributed by atoms with E-state index in [1.165, 1.54) is 6.07 Å². The van der Waals surface area contributed by atoms with Gasteiger partial charge in [0, 0.05) is 6.07 Å². The lowest BCUT2D eigenvalue weighted by atomic mass is 10.5. The van der Waals surface area contributed by atoms with Crippen molar-refractivity contribution in [3.63, 3.8) is 0 Å². The van der Waals surface area contributed by atoms with E-state index < -0.39 is 15.0 Å². The average Bonchev–Trinajstić information content (AvgIpc) is 1.86. The summed E-state index contributed by atoms with van der Waals surface area (Å²) in [5.41, 5.74) is 0. The molecule has 1 aromatic heterocycles. The van der Waals surface area contributed by atoms with Crippen LogP contribution in [-0.4, -0.2) is 13.0 Å². The summed E-state index contributed by atoms with van der Waals surface area (Å²) < 4.78 is 31.1. The van der Waals surface area contributed by atoms with E-state index in [-0.39, 0.29) is 4.73 Å². The predicted molar refractivity (Wildman–Crippen MR) is 33.4 cm³/mol. The second-order valence-electron chi connectivity index (χ2n) is 1.85. The van der Waals surface area contributed by atoms with E-state index in [1.54, 1.807) is 0 Å². The third-order valence-corrected chi connectivity index (χ3v) is 1.86. The normalized spacial score (nSPS) is 11.4. The summed E-state index contributed by atoms with van der Waals surface area (Å²) in [6.45, 7) is 0. The molecule has 1 aromatic rings. The minimum absolute atomic E-state index is 0.255. The summed E-state index contributed by atoms with van der Waals surface area (Å²) in [5, 5.41) is 10.5. The summed E-state index contributed by atoms with van der Waals surface area (Å²) in [6, 6.07) is 2.26. The molecule has 1 rings (SSSR count). The zero-order valence-corrected chi connectivity index (χ0v) is 6.11. The van der Waals surface area contributed by atoms with Crippen molar-refractivity contribution in [1.29, 1.82) is 0 Å². The molecule has 0 N–H and O–H groups in total. The second-order valence-corrected chi connectivity index (χ2v) is 3.23. The SMILES string of the molecule is O=S(=O)([O-])c1ccc[n+]([O-])c1. The fraction of sp³-hybridized carbons (Fsp3) is 0. The number of hydrogen-bond donors (Lipinski definition) is 0. The molecule has 0 aliphatic heterocycles. The topological polar surface area (TPSA) is 84.1 Å². The van der Waals surface area contributed by atoms with Crippen LogP contribution in [0.25, 0.3) is 0 Å². The molecule has 5 nitrogen and oxygen atoms in total. The van der Waals surface area contributed by atoms with Gasteiger partial charge < -0.3 is 9.76 Å². The third kappa shape index (κ3) is 1.89. The molecule has 0 saturated heterocycles. The molecule has 60 valence electrons. The van der Waals surface area contributed by atoms with E-state index in [2.05, 4.69) is 0 Å². The molecule has 0 spiro atoms. The first-order chi connectivity index (χ1) is 5.00. The van der Waals surface area contributed by atoms with Gasteiger partial charge in [-0.3, -0.25) is 0 Å². The number of nitrogens with zero attached hydrogens (tertiary/aromatic N) is 1. The zero-order valence-electron chi connectivity index (χ0n) is 5.30. The first-order valence-electron chi connectivity index (χ1n) is 2.65. The van der Waals surface area contributed by atoms with Crippen molar-refractivity contribution in [1.82, 2.24) is 0 Å². The molecule has 0 atom stereocenters. The first-order valence-corrected chi connectivity index (χ1v) is 4.06. The van der Waals surface area contributed by atoms with E-state index in [0.717, 1.165) is 12.3 Å². The van der Waals surface area contributed by atoms with Crippen LogP contribution in [0.5, 0.6) is 0 Å². The largest absolute Gasteiger partial charge is 0.744 e. The van der Waals surface area contributed by atoms with Gasteiger partial charge in [0.2, 0.25) is 0 Å². The Kier molecular flexibility index (Phi) is 1.79. The fourth-order valence-electron chi connectivity index (χ4n) is 0.582. The van der Waals surface area contributed by atoms with Crippen LogP contribution in [0.2, 0.25) is 0 Å². The number of hydrogen-bond acceptors (Lipinski definition) is 4. The maximum atomic E-state index is 10.5. The lowest BCUT2D eigenvalue weighted by molar-refractivity contribution is -0.607. The molecule has 0 aliphatic rings. The van der Waals surface area contributed by atoms with E-state index in [1.807, 2.05) is 0 Å². The van der Waals surface area contributed by atoms with Crippen LogP contribution in [-0.2, 0) is 10.1 Å². The van der Waals surface area contributed by atoms with Crippen LogP contribution in [0.4, 0.5) is 0 Å². The molecule has 0 radical (unpaired) electrons. The lowest BCUT2D eigenvalue weighted by Crippen LogP contribution is -2.25. The van der Waals surface area contributed by atoms with Gasteiger partial charge in [0.05, 0.1) is 0 Å². The lowest BCUT2D eigenvalue weighted by Gasteiger charge is -2.04. The van der Waals surface area contributed by atoms with Crippen molar-refractivity contribution in [2.24, 2.45) is 0 Å². The van der Waals surface area contributed by atoms with Crippen molar-refractivity contribution < 1.29 is 17.7 Å². The summed E-state index contributed by atoms with van der Waals surface area (Å²) in [5.74, 6) is 0. The number of rotatable bonds is 1. The van der Waals surface area contributed by atoms with Crippen molar-refractivity contribution >= 4 is 10.1 Å². The third-order valence-electron chi connectivity index (χ3n) is 1.04. The highest BCUT2D eigenvalue weighted by atomic mass is 32.2. The summed E-state index contributed by atoms with van der Waals surface area (Å²) in [6.07, 6.45) is 1.80. The van der Waals surface area contributed by atoms with Gasteiger partial charge in [-0.1, -0.05) is 0 Å². The van der Waals surface area contributed by atoms with Gasteiger partial charge in [-0.2, -0.15) is 4.73 Å². The van der Waals surface area contributed by atoms with Gasteiger partial charge >= 0.3 is 0 Å². The van der Waals surface area contributed by atoms with Gasteiger partial charge in [0.1, 0.15) is 15.0 Å². The van der Waals surface area contributed by atoms with Gasteiger partial charge in [0.25, 0.3) is 0 Å². The maximum absolute atomic E-state index is 10.5. The standard InChI is InChI=1S/C5H5NO4S/c7-6-3-1-2-5(4-6)11(8,9)10/h1-4H,(H,8,9,10)/p-1. The fourth-order valence-corrected chi connectivity index (χ4v) is 1.06. The number of aromatic nitrogens is 1. The van der Waals surface area contributed by atoms with Crippen molar-refractivity contribution in [2.75, 3.05) is 0 Å². The Morgan fingerprint density at radius 2 is 2.09 bits per heavy atom. The van der Waals surface area contributed by atoms with E-state index in [4.69, 9.17) is 0 Å². The van der Waals surface area contributed by atoms with Crippen LogP contribution in [0, 0.1) is 5.21 Å². The Balaban J connectivity index is 3.28. The molecular formula is C5H4NO4S-. The molecule has 0 unspecified atom stereocenters. The molecule has 0 saturated carbocycles. The van der Waals surface area contributed by atoms with Gasteiger partial charge in [0.15, 0.2) is 12.4 Å². The second kappa shape index (κ2) is 2.48. The molecule has 1 heterocycles. The van der Waals surface area contributed by atoms with Crippen LogP contribution in [0.1, 0.15) is 0 Å². The van der Waals surface area contributed by atoms with E-state index in [9.17, 15) is 18.2 Å². The van der Waals surface area contributed by atoms with Crippen LogP contribution < -0.4 is 4.73 Å². The molecule has 0 amide bonds.